The summed E-state index contributed by atoms with van der Waals surface area (Å²) in [5.41, 5.74) is 1.38. The number of hydrogen-bond acceptors (Lipinski definition) is 1. The number of aromatic nitrogens is 1. The summed E-state index contributed by atoms with van der Waals surface area (Å²) in [6.45, 7) is 1.28. The quantitative estimate of drug-likeness (QED) is 0.618. The maximum Gasteiger partial charge on any atom is 0.113 e. The maximum atomic E-state index is 4.11. The van der Waals surface area contributed by atoms with Crippen LogP contribution < -0.4 is 5.32 Å². The van der Waals surface area contributed by atoms with Gasteiger partial charge in [0, 0.05) is 30.8 Å². The summed E-state index contributed by atoms with van der Waals surface area (Å²) in [6.07, 6.45) is 6.47. The fourth-order valence-electron chi connectivity index (χ4n) is 1.67. The van der Waals surface area contributed by atoms with E-state index in [9.17, 15) is 0 Å². The zero-order valence-corrected chi connectivity index (χ0v) is 6.53. The van der Waals surface area contributed by atoms with Crippen LogP contribution in [-0.2, 0) is 0 Å². The Morgan fingerprint density at radius 1 is 1.55 bits per heavy atom. The van der Waals surface area contributed by atoms with Crippen molar-refractivity contribution in [2.24, 2.45) is 0 Å². The molecule has 2 N–H and O–H groups in total. The Balaban J connectivity index is 2.16. The lowest BCUT2D eigenvalue weighted by Gasteiger charge is -2.04. The average Bonchev–Trinajstić information content (AvgIpc) is 2.58. The summed E-state index contributed by atoms with van der Waals surface area (Å²) in [5, 5.41) is 2.40. The molecule has 1 aliphatic rings. The highest BCUT2D eigenvalue weighted by molar-refractivity contribution is 5.11. The third kappa shape index (κ3) is 1.40. The van der Waals surface area contributed by atoms with Gasteiger partial charge in [0.2, 0.25) is 0 Å². The molecule has 1 fully saturated rings. The molecule has 1 saturated heterocycles. The van der Waals surface area contributed by atoms with Gasteiger partial charge in [-0.3, -0.25) is 4.98 Å². The molecule has 0 bridgehead atoms. The molecule has 1 atom stereocenters. The van der Waals surface area contributed by atoms with Crippen LogP contribution in [0.1, 0.15) is 24.4 Å². The predicted octanol–water partition coefficient (Wildman–Crippen LogP) is 0.480. The van der Waals surface area contributed by atoms with Crippen molar-refractivity contribution in [2.75, 3.05) is 6.54 Å². The third-order valence-electron chi connectivity index (χ3n) is 2.28. The van der Waals surface area contributed by atoms with Gasteiger partial charge in [-0.25, -0.2) is 0 Å². The lowest BCUT2D eigenvalue weighted by Crippen LogP contribution is -2.81. The number of nitrogens with two attached hydrogens (primary N) is 1. The van der Waals surface area contributed by atoms with Crippen LogP contribution in [-0.4, -0.2) is 11.5 Å². The molecule has 0 amide bonds. The van der Waals surface area contributed by atoms with Crippen molar-refractivity contribution >= 4 is 0 Å². The van der Waals surface area contributed by atoms with Crippen LogP contribution in [0.3, 0.4) is 0 Å². The number of nitrogens with zero attached hydrogens (tertiary/aromatic N) is 1. The lowest BCUT2D eigenvalue weighted by molar-refractivity contribution is -0.676. The van der Waals surface area contributed by atoms with Crippen molar-refractivity contribution < 1.29 is 5.32 Å². The van der Waals surface area contributed by atoms with E-state index in [0.29, 0.717) is 6.04 Å². The van der Waals surface area contributed by atoms with Crippen molar-refractivity contribution in [1.82, 2.24) is 4.98 Å². The van der Waals surface area contributed by atoms with Crippen LogP contribution in [0.5, 0.6) is 0 Å². The average molecular weight is 149 g/mol. The first-order valence-corrected chi connectivity index (χ1v) is 4.20. The minimum Gasteiger partial charge on any atom is -0.340 e. The van der Waals surface area contributed by atoms with Gasteiger partial charge in [0.05, 0.1) is 6.54 Å². The van der Waals surface area contributed by atoms with E-state index in [0.717, 1.165) is 0 Å². The maximum absolute atomic E-state index is 4.11. The molecule has 1 unspecified atom stereocenters. The van der Waals surface area contributed by atoms with Crippen molar-refractivity contribution in [3.05, 3.63) is 30.1 Å². The first kappa shape index (κ1) is 6.80. The van der Waals surface area contributed by atoms with E-state index in [1.165, 1.54) is 24.9 Å². The summed E-state index contributed by atoms with van der Waals surface area (Å²) in [4.78, 5) is 4.11. The molecule has 2 rings (SSSR count). The van der Waals surface area contributed by atoms with E-state index >= 15 is 0 Å². The van der Waals surface area contributed by atoms with Crippen LogP contribution in [0, 0.1) is 0 Å². The zero-order valence-electron chi connectivity index (χ0n) is 6.53. The van der Waals surface area contributed by atoms with Gasteiger partial charge in [0.1, 0.15) is 6.04 Å². The fraction of sp³-hybridized carbons (Fsp3) is 0.444. The Hall–Kier alpha value is -0.890. The molecule has 1 aromatic rings. The summed E-state index contributed by atoms with van der Waals surface area (Å²) in [7, 11) is 0. The molecule has 0 radical (unpaired) electrons. The summed E-state index contributed by atoms with van der Waals surface area (Å²) < 4.78 is 0. The SMILES string of the molecule is c1cncc(C2CCC[NH2+]2)c1. The number of pyridine rings is 1. The van der Waals surface area contributed by atoms with Crippen LogP contribution in [0.25, 0.3) is 0 Å². The molecule has 2 heteroatoms. The molecule has 11 heavy (non-hydrogen) atoms. The normalized spacial score (nSPS) is 23.8. The summed E-state index contributed by atoms with van der Waals surface area (Å²) in [5.74, 6) is 0. The van der Waals surface area contributed by atoms with Crippen molar-refractivity contribution in [1.29, 1.82) is 0 Å². The molecule has 0 aliphatic carbocycles. The Bertz CT molecular complexity index is 214. The molecule has 0 spiro atoms. The van der Waals surface area contributed by atoms with Crippen LogP contribution >= 0.6 is 0 Å². The van der Waals surface area contributed by atoms with Gasteiger partial charge in [0.15, 0.2) is 0 Å². The number of rotatable bonds is 1. The smallest absolute Gasteiger partial charge is 0.113 e. The highest BCUT2D eigenvalue weighted by Gasteiger charge is 2.19. The fourth-order valence-corrected chi connectivity index (χ4v) is 1.67. The molecule has 58 valence electrons. The zero-order chi connectivity index (χ0) is 7.52. The molecular weight excluding hydrogens is 136 g/mol. The van der Waals surface area contributed by atoms with Crippen molar-refractivity contribution in [3.63, 3.8) is 0 Å². The summed E-state index contributed by atoms with van der Waals surface area (Å²) >= 11 is 0. The standard InChI is InChI=1S/C9H12N2/c1-3-8(7-10-5-1)9-4-2-6-11-9/h1,3,5,7,9,11H,2,4,6H2/p+1. The van der Waals surface area contributed by atoms with E-state index in [2.05, 4.69) is 16.4 Å². The van der Waals surface area contributed by atoms with Gasteiger partial charge in [-0.2, -0.15) is 0 Å². The number of hydrogen-bond donors (Lipinski definition) is 1. The second-order valence-corrected chi connectivity index (χ2v) is 3.06. The van der Waals surface area contributed by atoms with Gasteiger partial charge in [-0.1, -0.05) is 6.07 Å². The van der Waals surface area contributed by atoms with E-state index in [4.69, 9.17) is 0 Å². The van der Waals surface area contributed by atoms with E-state index in [-0.39, 0.29) is 0 Å². The van der Waals surface area contributed by atoms with Gasteiger partial charge in [0.25, 0.3) is 0 Å². The van der Waals surface area contributed by atoms with Gasteiger partial charge in [-0.15, -0.1) is 0 Å². The van der Waals surface area contributed by atoms with Crippen LogP contribution in [0.4, 0.5) is 0 Å². The Morgan fingerprint density at radius 3 is 3.18 bits per heavy atom. The molecular formula is C9H13N2+. The first-order chi connectivity index (χ1) is 5.47. The molecule has 2 nitrogen and oxygen atoms in total. The Kier molecular flexibility index (Phi) is 1.86. The van der Waals surface area contributed by atoms with Gasteiger partial charge < -0.3 is 5.32 Å². The Morgan fingerprint density at radius 2 is 2.55 bits per heavy atom. The summed E-state index contributed by atoms with van der Waals surface area (Å²) in [6, 6.07) is 4.87. The number of quaternary nitrogens is 1. The van der Waals surface area contributed by atoms with Gasteiger partial charge >= 0.3 is 0 Å². The van der Waals surface area contributed by atoms with Crippen molar-refractivity contribution in [3.8, 4) is 0 Å². The third-order valence-corrected chi connectivity index (χ3v) is 2.28. The molecule has 2 heterocycles. The first-order valence-electron chi connectivity index (χ1n) is 4.20. The molecule has 1 aromatic heterocycles. The highest BCUT2D eigenvalue weighted by atomic mass is 14.9. The van der Waals surface area contributed by atoms with Crippen molar-refractivity contribution in [2.45, 2.75) is 18.9 Å². The minimum absolute atomic E-state index is 0.684. The lowest BCUT2D eigenvalue weighted by atomic mass is 10.1. The molecule has 1 aliphatic heterocycles. The molecule has 0 saturated carbocycles. The second-order valence-electron chi connectivity index (χ2n) is 3.06. The van der Waals surface area contributed by atoms with Crippen LogP contribution in [0.2, 0.25) is 0 Å². The Labute approximate surface area is 66.7 Å². The monoisotopic (exact) mass is 149 g/mol. The molecule has 0 aromatic carbocycles. The van der Waals surface area contributed by atoms with E-state index in [1.54, 1.807) is 0 Å². The second kappa shape index (κ2) is 3.01. The largest absolute Gasteiger partial charge is 0.340 e. The topological polar surface area (TPSA) is 29.5 Å². The van der Waals surface area contributed by atoms with E-state index < -0.39 is 0 Å². The predicted molar refractivity (Wildman–Crippen MR) is 43.0 cm³/mol. The van der Waals surface area contributed by atoms with Crippen LogP contribution in [0.15, 0.2) is 24.5 Å². The minimum atomic E-state index is 0.684. The highest BCUT2D eigenvalue weighted by Crippen LogP contribution is 2.15. The van der Waals surface area contributed by atoms with Gasteiger partial charge in [-0.05, 0) is 6.07 Å². The van der Waals surface area contributed by atoms with E-state index in [1.807, 2.05) is 18.5 Å².